The van der Waals surface area contributed by atoms with Crippen molar-refractivity contribution >= 4 is 6.09 Å². The molecule has 0 heterocycles. The molecule has 0 aromatic heterocycles. The van der Waals surface area contributed by atoms with Crippen LogP contribution < -0.4 is 0 Å². The predicted molar refractivity (Wildman–Crippen MR) is 71.7 cm³/mol. The average Bonchev–Trinajstić information content (AvgIpc) is 3.13. The van der Waals surface area contributed by atoms with Gasteiger partial charge in [0.15, 0.2) is 0 Å². The third kappa shape index (κ3) is 3.96. The minimum Gasteiger partial charge on any atom is -0.443 e. The molecule has 1 amide bonds. The largest absolute Gasteiger partial charge is 0.443 e. The Labute approximate surface area is 113 Å². The van der Waals surface area contributed by atoms with Gasteiger partial charge in [0.1, 0.15) is 6.61 Å². The van der Waals surface area contributed by atoms with Crippen LogP contribution in [0.3, 0.4) is 0 Å². The second-order valence-electron chi connectivity index (χ2n) is 5.75. The second-order valence-corrected chi connectivity index (χ2v) is 5.75. The molecule has 1 aromatic rings. The first-order valence-corrected chi connectivity index (χ1v) is 6.69. The van der Waals surface area contributed by atoms with Crippen LogP contribution in [0.25, 0.3) is 0 Å². The Balaban J connectivity index is 1.78. The van der Waals surface area contributed by atoms with E-state index in [-0.39, 0.29) is 12.6 Å². The van der Waals surface area contributed by atoms with Crippen molar-refractivity contribution in [1.29, 1.82) is 0 Å². The Hall–Kier alpha value is -1.55. The molecule has 0 spiro atoms. The topological polar surface area (TPSA) is 49.8 Å². The van der Waals surface area contributed by atoms with Crippen LogP contribution in [-0.4, -0.2) is 22.4 Å². The summed E-state index contributed by atoms with van der Waals surface area (Å²) in [5.74, 6) is 0. The van der Waals surface area contributed by atoms with Crippen molar-refractivity contribution in [2.45, 2.75) is 45.8 Å². The lowest BCUT2D eigenvalue weighted by molar-refractivity contribution is -0.106. The summed E-state index contributed by atoms with van der Waals surface area (Å²) in [7, 11) is 0. The van der Waals surface area contributed by atoms with E-state index in [0.29, 0.717) is 10.5 Å². The average molecular weight is 263 g/mol. The fraction of sp³-hybridized carbons (Fsp3) is 0.533. The number of hydrogen-bond acceptors (Lipinski definition) is 3. The fourth-order valence-electron chi connectivity index (χ4n) is 2.18. The minimum atomic E-state index is -0.680. The summed E-state index contributed by atoms with van der Waals surface area (Å²) >= 11 is 0. The molecule has 0 bridgehead atoms. The van der Waals surface area contributed by atoms with Crippen molar-refractivity contribution in [3.8, 4) is 0 Å². The number of carbonyl (C=O) groups excluding carboxylic acids is 1. The lowest BCUT2D eigenvalue weighted by Crippen LogP contribution is -2.37. The third-order valence-electron chi connectivity index (χ3n) is 3.70. The van der Waals surface area contributed by atoms with E-state index < -0.39 is 6.09 Å². The highest BCUT2D eigenvalue weighted by Gasteiger charge is 2.40. The highest BCUT2D eigenvalue weighted by molar-refractivity contribution is 5.66. The van der Waals surface area contributed by atoms with Crippen LogP contribution >= 0.6 is 0 Å². The van der Waals surface area contributed by atoms with E-state index in [2.05, 4.69) is 6.92 Å². The molecule has 1 unspecified atom stereocenters. The molecule has 1 saturated carbocycles. The van der Waals surface area contributed by atoms with E-state index in [1.54, 1.807) is 0 Å². The maximum Gasteiger partial charge on any atom is 0.434 e. The molecule has 1 atom stereocenters. The van der Waals surface area contributed by atoms with Gasteiger partial charge in [-0.2, -0.15) is 5.06 Å². The Morgan fingerprint density at radius 1 is 1.42 bits per heavy atom. The van der Waals surface area contributed by atoms with Crippen molar-refractivity contribution in [3.05, 3.63) is 35.9 Å². The number of benzene rings is 1. The number of ether oxygens (including phenoxy) is 1. The predicted octanol–water partition coefficient (Wildman–Crippen LogP) is 3.59. The van der Waals surface area contributed by atoms with E-state index in [9.17, 15) is 10.0 Å². The first kappa shape index (κ1) is 13.9. The maximum atomic E-state index is 11.7. The zero-order valence-corrected chi connectivity index (χ0v) is 11.5. The molecule has 4 heteroatoms. The van der Waals surface area contributed by atoms with Crippen LogP contribution in [-0.2, 0) is 11.3 Å². The third-order valence-corrected chi connectivity index (χ3v) is 3.70. The smallest absolute Gasteiger partial charge is 0.434 e. The number of amides is 1. The van der Waals surface area contributed by atoms with Crippen LogP contribution in [0.1, 0.15) is 38.7 Å². The summed E-state index contributed by atoms with van der Waals surface area (Å²) in [5, 5.41) is 10.5. The number of nitrogens with zero attached hydrogens (tertiary/aromatic N) is 1. The van der Waals surface area contributed by atoms with Gasteiger partial charge in [0.05, 0.1) is 6.04 Å². The van der Waals surface area contributed by atoms with Gasteiger partial charge in [-0.1, -0.05) is 37.3 Å². The van der Waals surface area contributed by atoms with Crippen LogP contribution in [0.4, 0.5) is 4.79 Å². The summed E-state index contributed by atoms with van der Waals surface area (Å²) < 4.78 is 5.08. The Morgan fingerprint density at radius 3 is 2.63 bits per heavy atom. The second kappa shape index (κ2) is 5.61. The minimum absolute atomic E-state index is 0.181. The molecule has 0 radical (unpaired) electrons. The summed E-state index contributed by atoms with van der Waals surface area (Å²) in [4.78, 5) is 11.7. The van der Waals surface area contributed by atoms with Crippen molar-refractivity contribution in [1.82, 2.24) is 5.06 Å². The van der Waals surface area contributed by atoms with Gasteiger partial charge in [0, 0.05) is 0 Å². The molecule has 1 N–H and O–H groups in total. The molecule has 1 fully saturated rings. The highest BCUT2D eigenvalue weighted by atomic mass is 16.6. The van der Waals surface area contributed by atoms with Crippen molar-refractivity contribution in [2.24, 2.45) is 5.41 Å². The first-order chi connectivity index (χ1) is 9.00. The zero-order valence-electron chi connectivity index (χ0n) is 11.5. The molecule has 4 nitrogen and oxygen atoms in total. The van der Waals surface area contributed by atoms with Crippen molar-refractivity contribution in [3.63, 3.8) is 0 Å². The Morgan fingerprint density at radius 2 is 2.05 bits per heavy atom. The molecule has 104 valence electrons. The molecular weight excluding hydrogens is 242 g/mol. The quantitative estimate of drug-likeness (QED) is 0.652. The van der Waals surface area contributed by atoms with Crippen molar-refractivity contribution in [2.75, 3.05) is 0 Å². The molecule has 2 rings (SSSR count). The van der Waals surface area contributed by atoms with Gasteiger partial charge < -0.3 is 4.74 Å². The summed E-state index contributed by atoms with van der Waals surface area (Å²) in [5.41, 5.74) is 1.20. The van der Waals surface area contributed by atoms with Crippen LogP contribution in [0.5, 0.6) is 0 Å². The van der Waals surface area contributed by atoms with E-state index in [1.807, 2.05) is 37.3 Å². The van der Waals surface area contributed by atoms with Gasteiger partial charge in [0.25, 0.3) is 0 Å². The SMILES string of the molecule is CC(CC1(C)CC1)N(O)C(=O)OCc1ccccc1. The molecular formula is C15H21NO3. The van der Waals surface area contributed by atoms with E-state index in [1.165, 1.54) is 12.8 Å². The van der Waals surface area contributed by atoms with Crippen LogP contribution in [0, 0.1) is 5.41 Å². The maximum absolute atomic E-state index is 11.7. The normalized spacial score (nSPS) is 17.6. The monoisotopic (exact) mass is 263 g/mol. The van der Waals surface area contributed by atoms with Gasteiger partial charge in [0.2, 0.25) is 0 Å². The van der Waals surface area contributed by atoms with E-state index in [4.69, 9.17) is 4.74 Å². The summed E-state index contributed by atoms with van der Waals surface area (Å²) in [6.07, 6.45) is 2.47. The molecule has 0 aliphatic heterocycles. The van der Waals surface area contributed by atoms with Gasteiger partial charge >= 0.3 is 6.09 Å². The first-order valence-electron chi connectivity index (χ1n) is 6.69. The summed E-state index contributed by atoms with van der Waals surface area (Å²) in [6.45, 7) is 4.20. The molecule has 1 aliphatic rings. The van der Waals surface area contributed by atoms with Gasteiger partial charge in [-0.15, -0.1) is 0 Å². The number of hydrogen-bond donors (Lipinski definition) is 1. The number of carbonyl (C=O) groups is 1. The molecule has 1 aliphatic carbocycles. The van der Waals surface area contributed by atoms with Crippen molar-refractivity contribution < 1.29 is 14.7 Å². The lowest BCUT2D eigenvalue weighted by Gasteiger charge is -2.24. The van der Waals surface area contributed by atoms with Gasteiger partial charge in [-0.25, -0.2) is 4.79 Å². The lowest BCUT2D eigenvalue weighted by atomic mass is 10.0. The standard InChI is InChI=1S/C15H21NO3/c1-12(10-15(2)8-9-15)16(18)14(17)19-11-13-6-4-3-5-7-13/h3-7,12,18H,8-11H2,1-2H3. The molecule has 0 saturated heterocycles. The van der Waals surface area contributed by atoms with Gasteiger partial charge in [-0.05, 0) is 37.2 Å². The number of hydroxylamine groups is 2. The Kier molecular flexibility index (Phi) is 4.10. The molecule has 19 heavy (non-hydrogen) atoms. The number of rotatable bonds is 5. The summed E-state index contributed by atoms with van der Waals surface area (Å²) in [6, 6.07) is 9.22. The van der Waals surface area contributed by atoms with Crippen LogP contribution in [0.15, 0.2) is 30.3 Å². The molecule has 1 aromatic carbocycles. The van der Waals surface area contributed by atoms with E-state index >= 15 is 0 Å². The van der Waals surface area contributed by atoms with Crippen LogP contribution in [0.2, 0.25) is 0 Å². The fourth-order valence-corrected chi connectivity index (χ4v) is 2.18. The van der Waals surface area contributed by atoms with Gasteiger partial charge in [-0.3, -0.25) is 5.21 Å². The van der Waals surface area contributed by atoms with E-state index in [0.717, 1.165) is 12.0 Å². The zero-order chi connectivity index (χ0) is 13.9. The highest BCUT2D eigenvalue weighted by Crippen LogP contribution is 2.49. The Bertz CT molecular complexity index is 428.